The summed E-state index contributed by atoms with van der Waals surface area (Å²) in [7, 11) is 0. The monoisotopic (exact) mass is 238 g/mol. The van der Waals surface area contributed by atoms with E-state index in [0.29, 0.717) is 6.04 Å². The van der Waals surface area contributed by atoms with Crippen molar-refractivity contribution < 1.29 is 4.79 Å². The number of rotatable bonds is 3. The Morgan fingerprint density at radius 3 is 2.59 bits per heavy atom. The molecule has 2 fully saturated rings. The molecule has 2 aliphatic rings. The van der Waals surface area contributed by atoms with E-state index in [1.54, 1.807) is 0 Å². The van der Waals surface area contributed by atoms with Crippen LogP contribution in [0.3, 0.4) is 0 Å². The van der Waals surface area contributed by atoms with Gasteiger partial charge in [0.25, 0.3) is 0 Å². The Morgan fingerprint density at radius 2 is 1.94 bits per heavy atom. The van der Waals surface area contributed by atoms with E-state index >= 15 is 0 Å². The summed E-state index contributed by atoms with van der Waals surface area (Å²) in [6, 6.07) is 0.218. The molecule has 2 rings (SSSR count). The Labute approximate surface area is 105 Å². The fourth-order valence-electron chi connectivity index (χ4n) is 3.58. The van der Waals surface area contributed by atoms with Gasteiger partial charge in [0.05, 0.1) is 6.04 Å². The number of nitrogens with two attached hydrogens (primary N) is 1. The molecule has 0 aromatic rings. The Morgan fingerprint density at radius 1 is 1.24 bits per heavy atom. The van der Waals surface area contributed by atoms with E-state index < -0.39 is 0 Å². The normalized spacial score (nSPS) is 29.4. The number of hydrogen-bond acceptors (Lipinski definition) is 2. The molecule has 1 saturated carbocycles. The summed E-state index contributed by atoms with van der Waals surface area (Å²) in [6.45, 7) is 3.15. The minimum absolute atomic E-state index is 0.202. The minimum Gasteiger partial charge on any atom is -0.338 e. The van der Waals surface area contributed by atoms with Crippen LogP contribution in [0.1, 0.15) is 58.3 Å². The van der Waals surface area contributed by atoms with Crippen molar-refractivity contribution in [3.8, 4) is 0 Å². The van der Waals surface area contributed by atoms with Gasteiger partial charge < -0.3 is 10.6 Å². The van der Waals surface area contributed by atoms with Gasteiger partial charge in [-0.3, -0.25) is 4.79 Å². The Hall–Kier alpha value is -0.570. The Balaban J connectivity index is 2.03. The number of amides is 1. The van der Waals surface area contributed by atoms with Gasteiger partial charge in [-0.2, -0.15) is 0 Å². The first kappa shape index (κ1) is 12.9. The van der Waals surface area contributed by atoms with Crippen LogP contribution in [0.4, 0.5) is 0 Å². The van der Waals surface area contributed by atoms with Crippen molar-refractivity contribution in [1.82, 2.24) is 4.90 Å². The van der Waals surface area contributed by atoms with E-state index in [-0.39, 0.29) is 11.9 Å². The average Bonchev–Trinajstić information content (AvgIpc) is 2.37. The maximum absolute atomic E-state index is 12.2. The lowest BCUT2D eigenvalue weighted by Crippen LogP contribution is -2.54. The highest BCUT2D eigenvalue weighted by Gasteiger charge is 2.34. The number of carbonyl (C=O) groups is 1. The van der Waals surface area contributed by atoms with Gasteiger partial charge in [-0.15, -0.1) is 0 Å². The summed E-state index contributed by atoms with van der Waals surface area (Å²) in [5.41, 5.74) is 5.90. The summed E-state index contributed by atoms with van der Waals surface area (Å²) in [6.07, 6.45) is 9.70. The molecule has 0 spiro atoms. The molecule has 98 valence electrons. The number of piperidine rings is 1. The molecule has 0 radical (unpaired) electrons. The standard InChI is InChI=1S/C14H26N2O/c1-2-13(11-7-4-3-5-8-11)16-10-6-9-12(15)14(16)17/h11-13H,2-10,15H2,1H3. The number of nitrogens with zero attached hydrogens (tertiary/aromatic N) is 1. The van der Waals surface area contributed by atoms with Crippen LogP contribution < -0.4 is 5.73 Å². The van der Waals surface area contributed by atoms with Crippen LogP contribution in [0.25, 0.3) is 0 Å². The molecule has 3 nitrogen and oxygen atoms in total. The molecule has 1 aliphatic heterocycles. The number of hydrogen-bond donors (Lipinski definition) is 1. The molecular weight excluding hydrogens is 212 g/mol. The molecule has 0 bridgehead atoms. The fraction of sp³-hybridized carbons (Fsp3) is 0.929. The van der Waals surface area contributed by atoms with Gasteiger partial charge in [0.2, 0.25) is 5.91 Å². The molecule has 1 amide bonds. The maximum atomic E-state index is 12.2. The summed E-state index contributed by atoms with van der Waals surface area (Å²) in [5, 5.41) is 0. The van der Waals surface area contributed by atoms with Crippen LogP contribution in [-0.2, 0) is 4.79 Å². The van der Waals surface area contributed by atoms with E-state index in [0.717, 1.165) is 31.7 Å². The molecule has 2 unspecified atom stereocenters. The van der Waals surface area contributed by atoms with Crippen molar-refractivity contribution >= 4 is 5.91 Å². The lowest BCUT2D eigenvalue weighted by Gasteiger charge is -2.41. The quantitative estimate of drug-likeness (QED) is 0.820. The van der Waals surface area contributed by atoms with Crippen molar-refractivity contribution in [2.75, 3.05) is 6.54 Å². The predicted octanol–water partition coefficient (Wildman–Crippen LogP) is 2.29. The van der Waals surface area contributed by atoms with E-state index in [2.05, 4.69) is 11.8 Å². The summed E-state index contributed by atoms with van der Waals surface area (Å²) < 4.78 is 0. The van der Waals surface area contributed by atoms with Crippen LogP contribution in [0.2, 0.25) is 0 Å². The van der Waals surface area contributed by atoms with E-state index in [9.17, 15) is 4.79 Å². The van der Waals surface area contributed by atoms with E-state index in [1.165, 1.54) is 32.1 Å². The molecule has 0 aromatic heterocycles. The highest BCUT2D eigenvalue weighted by Crippen LogP contribution is 2.31. The zero-order valence-electron chi connectivity index (χ0n) is 11.0. The van der Waals surface area contributed by atoms with Gasteiger partial charge in [-0.25, -0.2) is 0 Å². The third-order valence-electron chi connectivity index (χ3n) is 4.53. The van der Waals surface area contributed by atoms with Crippen LogP contribution in [0.5, 0.6) is 0 Å². The van der Waals surface area contributed by atoms with Crippen molar-refractivity contribution in [3.05, 3.63) is 0 Å². The molecule has 1 saturated heterocycles. The first-order valence-corrected chi connectivity index (χ1v) is 7.30. The third-order valence-corrected chi connectivity index (χ3v) is 4.53. The second kappa shape index (κ2) is 5.85. The molecule has 0 aromatic carbocycles. The first-order valence-electron chi connectivity index (χ1n) is 7.30. The van der Waals surface area contributed by atoms with Crippen LogP contribution in [-0.4, -0.2) is 29.4 Å². The summed E-state index contributed by atoms with van der Waals surface area (Å²) >= 11 is 0. The third kappa shape index (κ3) is 2.82. The number of likely N-dealkylation sites (tertiary alicyclic amines) is 1. The summed E-state index contributed by atoms with van der Waals surface area (Å²) in [5.74, 6) is 0.927. The van der Waals surface area contributed by atoms with Gasteiger partial charge in [0.1, 0.15) is 0 Å². The average molecular weight is 238 g/mol. The zero-order valence-corrected chi connectivity index (χ0v) is 11.0. The van der Waals surface area contributed by atoms with E-state index in [1.807, 2.05) is 0 Å². The number of carbonyl (C=O) groups excluding carboxylic acids is 1. The van der Waals surface area contributed by atoms with Crippen molar-refractivity contribution in [2.45, 2.75) is 70.4 Å². The predicted molar refractivity (Wildman–Crippen MR) is 69.6 cm³/mol. The van der Waals surface area contributed by atoms with Gasteiger partial charge in [-0.05, 0) is 38.0 Å². The second-order valence-corrected chi connectivity index (χ2v) is 5.65. The Bertz CT molecular complexity index is 261. The van der Waals surface area contributed by atoms with Gasteiger partial charge in [0.15, 0.2) is 0 Å². The van der Waals surface area contributed by atoms with Gasteiger partial charge in [-0.1, -0.05) is 26.2 Å². The van der Waals surface area contributed by atoms with Gasteiger partial charge in [0, 0.05) is 12.6 Å². The molecule has 1 heterocycles. The molecule has 2 atom stereocenters. The van der Waals surface area contributed by atoms with Crippen molar-refractivity contribution in [1.29, 1.82) is 0 Å². The summed E-state index contributed by atoms with van der Waals surface area (Å²) in [4.78, 5) is 14.3. The molecular formula is C14H26N2O. The first-order chi connectivity index (χ1) is 8.24. The molecule has 2 N–H and O–H groups in total. The minimum atomic E-state index is -0.235. The van der Waals surface area contributed by atoms with Crippen LogP contribution >= 0.6 is 0 Å². The zero-order chi connectivity index (χ0) is 12.3. The molecule has 3 heteroatoms. The molecule has 17 heavy (non-hydrogen) atoms. The maximum Gasteiger partial charge on any atom is 0.239 e. The van der Waals surface area contributed by atoms with E-state index in [4.69, 9.17) is 5.73 Å². The highest BCUT2D eigenvalue weighted by atomic mass is 16.2. The second-order valence-electron chi connectivity index (χ2n) is 5.65. The largest absolute Gasteiger partial charge is 0.338 e. The smallest absolute Gasteiger partial charge is 0.239 e. The lowest BCUT2D eigenvalue weighted by molar-refractivity contribution is -0.139. The lowest BCUT2D eigenvalue weighted by atomic mass is 9.81. The molecule has 1 aliphatic carbocycles. The Kier molecular flexibility index (Phi) is 4.43. The van der Waals surface area contributed by atoms with Crippen LogP contribution in [0, 0.1) is 5.92 Å². The van der Waals surface area contributed by atoms with Crippen molar-refractivity contribution in [2.24, 2.45) is 11.7 Å². The van der Waals surface area contributed by atoms with Crippen molar-refractivity contribution in [3.63, 3.8) is 0 Å². The fourth-order valence-corrected chi connectivity index (χ4v) is 3.58. The van der Waals surface area contributed by atoms with Gasteiger partial charge >= 0.3 is 0 Å². The van der Waals surface area contributed by atoms with Crippen LogP contribution in [0.15, 0.2) is 0 Å². The SMILES string of the molecule is CCC(C1CCCCC1)N1CCCC(N)C1=O. The topological polar surface area (TPSA) is 46.3 Å². The highest BCUT2D eigenvalue weighted by molar-refractivity contribution is 5.82.